The maximum atomic E-state index is 11.0. The first-order chi connectivity index (χ1) is 7.74. The van der Waals surface area contributed by atoms with E-state index in [-0.39, 0.29) is 17.1 Å². The number of hydrazine groups is 1. The molecular formula is C12H25N3O2. The Morgan fingerprint density at radius 1 is 1.29 bits per heavy atom. The van der Waals surface area contributed by atoms with Gasteiger partial charge >= 0.3 is 0 Å². The molecule has 1 aliphatic rings. The standard InChI is InChI=1S/C12H25N3O2/c1-11(2)8-15(9-12(3,4)17-11)7-5-6-10(16)14-13/h5-9,13H2,1-4H3,(H,14,16). The third-order valence-electron chi connectivity index (χ3n) is 2.80. The minimum absolute atomic E-state index is 0.100. The molecule has 0 aromatic carbocycles. The minimum Gasteiger partial charge on any atom is -0.367 e. The molecule has 1 fully saturated rings. The second-order valence-corrected chi connectivity index (χ2v) is 6.00. The van der Waals surface area contributed by atoms with Crippen molar-refractivity contribution in [1.29, 1.82) is 0 Å². The molecule has 0 radical (unpaired) electrons. The molecular weight excluding hydrogens is 218 g/mol. The van der Waals surface area contributed by atoms with E-state index in [1.807, 2.05) is 0 Å². The lowest BCUT2D eigenvalue weighted by Gasteiger charge is -2.47. The van der Waals surface area contributed by atoms with Crippen molar-refractivity contribution >= 4 is 5.91 Å². The number of nitrogens with one attached hydrogen (secondary N) is 1. The van der Waals surface area contributed by atoms with E-state index in [0.29, 0.717) is 6.42 Å². The van der Waals surface area contributed by atoms with Crippen LogP contribution >= 0.6 is 0 Å². The van der Waals surface area contributed by atoms with Crippen LogP contribution in [-0.2, 0) is 9.53 Å². The summed E-state index contributed by atoms with van der Waals surface area (Å²) in [5, 5.41) is 0. The number of rotatable bonds is 4. The molecule has 3 N–H and O–H groups in total. The van der Waals surface area contributed by atoms with Crippen molar-refractivity contribution in [3.05, 3.63) is 0 Å². The highest BCUT2D eigenvalue weighted by molar-refractivity contribution is 5.75. The third-order valence-corrected chi connectivity index (χ3v) is 2.80. The van der Waals surface area contributed by atoms with E-state index in [1.54, 1.807) is 0 Å². The van der Waals surface area contributed by atoms with Crippen molar-refractivity contribution in [3.63, 3.8) is 0 Å². The second-order valence-electron chi connectivity index (χ2n) is 6.00. The first-order valence-electron chi connectivity index (χ1n) is 6.16. The number of hydrogen-bond donors (Lipinski definition) is 2. The molecule has 0 saturated carbocycles. The first kappa shape index (κ1) is 14.4. The zero-order valence-electron chi connectivity index (χ0n) is 11.4. The fourth-order valence-electron chi connectivity index (χ4n) is 2.64. The highest BCUT2D eigenvalue weighted by Gasteiger charge is 2.37. The molecule has 0 bridgehead atoms. The first-order valence-corrected chi connectivity index (χ1v) is 6.16. The Labute approximate surface area is 104 Å². The fourth-order valence-corrected chi connectivity index (χ4v) is 2.64. The van der Waals surface area contributed by atoms with Gasteiger partial charge in [-0.05, 0) is 40.7 Å². The third kappa shape index (κ3) is 5.02. The monoisotopic (exact) mass is 243 g/mol. The molecule has 0 aromatic heterocycles. The SMILES string of the molecule is CC1(C)CN(CCCC(=O)NN)CC(C)(C)O1. The zero-order valence-corrected chi connectivity index (χ0v) is 11.4. The van der Waals surface area contributed by atoms with Crippen molar-refractivity contribution in [1.82, 2.24) is 10.3 Å². The Morgan fingerprint density at radius 3 is 2.29 bits per heavy atom. The minimum atomic E-state index is -0.127. The van der Waals surface area contributed by atoms with Crippen molar-refractivity contribution in [2.75, 3.05) is 19.6 Å². The summed E-state index contributed by atoms with van der Waals surface area (Å²) in [5.41, 5.74) is 1.90. The molecule has 1 heterocycles. The summed E-state index contributed by atoms with van der Waals surface area (Å²) >= 11 is 0. The predicted molar refractivity (Wildman–Crippen MR) is 67.2 cm³/mol. The Kier molecular flexibility index (Phi) is 4.52. The van der Waals surface area contributed by atoms with Gasteiger partial charge in [0.05, 0.1) is 11.2 Å². The second kappa shape index (κ2) is 5.33. The van der Waals surface area contributed by atoms with Crippen LogP contribution in [0, 0.1) is 0 Å². The molecule has 1 aliphatic heterocycles. The van der Waals surface area contributed by atoms with Gasteiger partial charge in [0.1, 0.15) is 0 Å². The van der Waals surface area contributed by atoms with Crippen LogP contribution in [0.15, 0.2) is 0 Å². The fraction of sp³-hybridized carbons (Fsp3) is 0.917. The lowest BCUT2D eigenvalue weighted by molar-refractivity contribution is -0.180. The van der Waals surface area contributed by atoms with Crippen LogP contribution < -0.4 is 11.3 Å². The van der Waals surface area contributed by atoms with E-state index < -0.39 is 0 Å². The topological polar surface area (TPSA) is 67.6 Å². The van der Waals surface area contributed by atoms with Crippen LogP contribution in [-0.4, -0.2) is 41.6 Å². The Balaban J connectivity index is 2.40. The van der Waals surface area contributed by atoms with Gasteiger partial charge in [-0.1, -0.05) is 0 Å². The largest absolute Gasteiger partial charge is 0.367 e. The summed E-state index contributed by atoms with van der Waals surface area (Å²) in [7, 11) is 0. The Bertz CT molecular complexity index is 261. The number of nitrogens with zero attached hydrogens (tertiary/aromatic N) is 1. The van der Waals surface area contributed by atoms with Crippen molar-refractivity contribution in [3.8, 4) is 0 Å². The molecule has 0 spiro atoms. The molecule has 0 aromatic rings. The molecule has 0 unspecified atom stereocenters. The van der Waals surface area contributed by atoms with E-state index in [0.717, 1.165) is 26.1 Å². The maximum Gasteiger partial charge on any atom is 0.233 e. The molecule has 100 valence electrons. The van der Waals surface area contributed by atoms with Crippen LogP contribution in [0.3, 0.4) is 0 Å². The van der Waals surface area contributed by atoms with Crippen molar-refractivity contribution < 1.29 is 9.53 Å². The van der Waals surface area contributed by atoms with E-state index in [9.17, 15) is 4.79 Å². The number of amides is 1. The number of carbonyl (C=O) groups excluding carboxylic acids is 1. The Morgan fingerprint density at radius 2 is 1.82 bits per heavy atom. The van der Waals surface area contributed by atoms with Crippen LogP contribution in [0.2, 0.25) is 0 Å². The van der Waals surface area contributed by atoms with Gasteiger partial charge in [0.15, 0.2) is 0 Å². The summed E-state index contributed by atoms with van der Waals surface area (Å²) in [6.45, 7) is 11.1. The summed E-state index contributed by atoms with van der Waals surface area (Å²) < 4.78 is 6.00. The van der Waals surface area contributed by atoms with E-state index in [1.165, 1.54) is 0 Å². The van der Waals surface area contributed by atoms with Crippen molar-refractivity contribution in [2.24, 2.45) is 5.84 Å². The molecule has 0 atom stereocenters. The van der Waals surface area contributed by atoms with E-state index >= 15 is 0 Å². The summed E-state index contributed by atoms with van der Waals surface area (Å²) in [6, 6.07) is 0. The van der Waals surface area contributed by atoms with Crippen LogP contribution in [0.5, 0.6) is 0 Å². The van der Waals surface area contributed by atoms with Gasteiger partial charge in [0.25, 0.3) is 0 Å². The van der Waals surface area contributed by atoms with E-state index in [2.05, 4.69) is 38.0 Å². The predicted octanol–water partition coefficient (Wildman–Crippen LogP) is 0.646. The van der Waals surface area contributed by atoms with Gasteiger partial charge in [-0.3, -0.25) is 15.1 Å². The highest BCUT2D eigenvalue weighted by Crippen LogP contribution is 2.27. The average Bonchev–Trinajstić information content (AvgIpc) is 2.12. The molecule has 1 saturated heterocycles. The molecule has 5 nitrogen and oxygen atoms in total. The smallest absolute Gasteiger partial charge is 0.233 e. The molecule has 5 heteroatoms. The average molecular weight is 243 g/mol. The van der Waals surface area contributed by atoms with Crippen LogP contribution in [0.1, 0.15) is 40.5 Å². The highest BCUT2D eigenvalue weighted by atomic mass is 16.5. The summed E-state index contributed by atoms with van der Waals surface area (Å²) in [6.07, 6.45) is 1.31. The number of hydrogen-bond acceptors (Lipinski definition) is 4. The van der Waals surface area contributed by atoms with E-state index in [4.69, 9.17) is 10.6 Å². The maximum absolute atomic E-state index is 11.0. The Hall–Kier alpha value is -0.650. The summed E-state index contributed by atoms with van der Waals surface area (Å²) in [4.78, 5) is 13.4. The number of morpholine rings is 1. The van der Waals surface area contributed by atoms with Gasteiger partial charge in [0, 0.05) is 19.5 Å². The number of nitrogens with two attached hydrogens (primary N) is 1. The van der Waals surface area contributed by atoms with Crippen LogP contribution in [0.4, 0.5) is 0 Å². The molecule has 0 aliphatic carbocycles. The lowest BCUT2D eigenvalue weighted by Crippen LogP contribution is -2.57. The lowest BCUT2D eigenvalue weighted by atomic mass is 9.98. The quantitative estimate of drug-likeness (QED) is 0.432. The van der Waals surface area contributed by atoms with Crippen LogP contribution in [0.25, 0.3) is 0 Å². The zero-order chi connectivity index (χ0) is 13.1. The molecule has 17 heavy (non-hydrogen) atoms. The van der Waals surface area contributed by atoms with Gasteiger partial charge < -0.3 is 4.74 Å². The normalized spacial score (nSPS) is 23.4. The van der Waals surface area contributed by atoms with Gasteiger partial charge in [-0.2, -0.15) is 0 Å². The molecule has 1 rings (SSSR count). The van der Waals surface area contributed by atoms with Gasteiger partial charge in [-0.15, -0.1) is 0 Å². The van der Waals surface area contributed by atoms with Crippen molar-refractivity contribution in [2.45, 2.75) is 51.7 Å². The van der Waals surface area contributed by atoms with Gasteiger partial charge in [-0.25, -0.2) is 5.84 Å². The van der Waals surface area contributed by atoms with Gasteiger partial charge in [0.2, 0.25) is 5.91 Å². The summed E-state index contributed by atoms with van der Waals surface area (Å²) in [5.74, 6) is 4.94. The molecule has 1 amide bonds. The number of ether oxygens (including phenoxy) is 1. The number of carbonyl (C=O) groups is 1.